The number of anilines is 1. The molecule has 13 heavy (non-hydrogen) atoms. The van der Waals surface area contributed by atoms with Gasteiger partial charge in [-0.3, -0.25) is 0 Å². The van der Waals surface area contributed by atoms with Crippen LogP contribution in [0.4, 0.5) is 5.69 Å². The van der Waals surface area contributed by atoms with Crippen molar-refractivity contribution in [3.8, 4) is 0 Å². The molecule has 0 N–H and O–H groups in total. The molecule has 1 rings (SSSR count). The summed E-state index contributed by atoms with van der Waals surface area (Å²) in [7, 11) is 5.63. The Labute approximate surface area is 82.2 Å². The lowest BCUT2D eigenvalue weighted by molar-refractivity contribution is 0.937. The summed E-state index contributed by atoms with van der Waals surface area (Å²) < 4.78 is 0. The van der Waals surface area contributed by atoms with Gasteiger partial charge in [0.25, 0.3) is 0 Å². The fourth-order valence-corrected chi connectivity index (χ4v) is 1.39. The van der Waals surface area contributed by atoms with E-state index in [1.165, 1.54) is 11.3 Å². The second-order valence-corrected chi connectivity index (χ2v) is 3.06. The van der Waals surface area contributed by atoms with Crippen LogP contribution in [0.3, 0.4) is 0 Å². The lowest BCUT2D eigenvalue weighted by Gasteiger charge is -2.21. The van der Waals surface area contributed by atoms with E-state index in [-0.39, 0.29) is 0 Å². The van der Waals surface area contributed by atoms with E-state index in [9.17, 15) is 0 Å². The highest BCUT2D eigenvalue weighted by Crippen LogP contribution is 2.15. The fourth-order valence-electron chi connectivity index (χ4n) is 1.39. The first-order valence-corrected chi connectivity index (χ1v) is 4.85. The van der Waals surface area contributed by atoms with Crippen LogP contribution in [-0.4, -0.2) is 20.8 Å². The van der Waals surface area contributed by atoms with E-state index in [2.05, 4.69) is 43.0 Å². The zero-order valence-corrected chi connectivity index (χ0v) is 8.46. The molecule has 0 saturated carbocycles. The Hall–Kier alpha value is -0.915. The van der Waals surface area contributed by atoms with Gasteiger partial charge in [0.15, 0.2) is 0 Å². The SMILES string of the molecule is [B]CN(CC)c1cccc(CC)c1. The second kappa shape index (κ2) is 4.95. The Bertz CT molecular complexity index is 256. The Morgan fingerprint density at radius 1 is 1.31 bits per heavy atom. The molecule has 0 aliphatic carbocycles. The van der Waals surface area contributed by atoms with Gasteiger partial charge >= 0.3 is 0 Å². The van der Waals surface area contributed by atoms with Crippen molar-refractivity contribution in [3.05, 3.63) is 29.8 Å². The highest BCUT2D eigenvalue weighted by atomic mass is 15.1. The fraction of sp³-hybridized carbons (Fsp3) is 0.455. The molecule has 0 atom stereocenters. The number of nitrogens with zero attached hydrogens (tertiary/aromatic N) is 1. The lowest BCUT2D eigenvalue weighted by Crippen LogP contribution is -2.23. The van der Waals surface area contributed by atoms with Crippen LogP contribution in [-0.2, 0) is 6.42 Å². The molecule has 0 fully saturated rings. The van der Waals surface area contributed by atoms with Crippen LogP contribution in [0.1, 0.15) is 19.4 Å². The van der Waals surface area contributed by atoms with Crippen LogP contribution >= 0.6 is 0 Å². The number of rotatable bonds is 4. The molecule has 2 radical (unpaired) electrons. The predicted molar refractivity (Wildman–Crippen MR) is 59.5 cm³/mol. The zero-order chi connectivity index (χ0) is 9.68. The number of hydrogen-bond donors (Lipinski definition) is 0. The van der Waals surface area contributed by atoms with Gasteiger partial charge in [-0.25, -0.2) is 0 Å². The third kappa shape index (κ3) is 2.51. The molecule has 0 unspecified atom stereocenters. The van der Waals surface area contributed by atoms with Crippen LogP contribution in [0, 0.1) is 0 Å². The van der Waals surface area contributed by atoms with E-state index in [1.807, 2.05) is 0 Å². The lowest BCUT2D eigenvalue weighted by atomic mass is 10.1. The number of aryl methyl sites for hydroxylation is 1. The highest BCUT2D eigenvalue weighted by Gasteiger charge is 2.00. The van der Waals surface area contributed by atoms with Gasteiger partial charge in [-0.2, -0.15) is 0 Å². The van der Waals surface area contributed by atoms with Crippen molar-refractivity contribution in [1.82, 2.24) is 0 Å². The molecular weight excluding hydrogens is 157 g/mol. The Kier molecular flexibility index (Phi) is 3.87. The van der Waals surface area contributed by atoms with Gasteiger partial charge in [0.1, 0.15) is 0 Å². The molecule has 1 aromatic carbocycles. The molecule has 1 nitrogen and oxygen atoms in total. The Morgan fingerprint density at radius 3 is 2.62 bits per heavy atom. The van der Waals surface area contributed by atoms with Gasteiger partial charge < -0.3 is 4.90 Å². The first-order chi connectivity index (χ1) is 6.31. The molecular formula is C11H16BN. The Balaban J connectivity index is 2.86. The second-order valence-electron chi connectivity index (χ2n) is 3.06. The summed E-state index contributed by atoms with van der Waals surface area (Å²) in [6.45, 7) is 5.24. The number of benzene rings is 1. The van der Waals surface area contributed by atoms with Crippen LogP contribution in [0.15, 0.2) is 24.3 Å². The monoisotopic (exact) mass is 173 g/mol. The van der Waals surface area contributed by atoms with Crippen molar-refractivity contribution < 1.29 is 0 Å². The third-order valence-corrected chi connectivity index (χ3v) is 2.29. The molecule has 0 aliphatic heterocycles. The van der Waals surface area contributed by atoms with E-state index in [0.717, 1.165) is 13.0 Å². The summed E-state index contributed by atoms with van der Waals surface area (Å²) in [5.41, 5.74) is 2.59. The van der Waals surface area contributed by atoms with Gasteiger partial charge in [-0.1, -0.05) is 19.1 Å². The van der Waals surface area contributed by atoms with Crippen molar-refractivity contribution in [1.29, 1.82) is 0 Å². The average Bonchev–Trinajstić information content (AvgIpc) is 2.20. The van der Waals surface area contributed by atoms with Gasteiger partial charge in [-0.05, 0) is 37.5 Å². The molecule has 0 spiro atoms. The van der Waals surface area contributed by atoms with E-state index in [0.29, 0.717) is 6.44 Å². The van der Waals surface area contributed by atoms with Gasteiger partial charge in [0.05, 0.1) is 7.85 Å². The molecule has 0 bridgehead atoms. The van der Waals surface area contributed by atoms with Crippen molar-refractivity contribution in [2.24, 2.45) is 0 Å². The maximum atomic E-state index is 5.63. The molecule has 0 aromatic heterocycles. The first-order valence-electron chi connectivity index (χ1n) is 4.85. The van der Waals surface area contributed by atoms with Gasteiger partial charge in [-0.15, -0.1) is 0 Å². The summed E-state index contributed by atoms with van der Waals surface area (Å²) >= 11 is 0. The molecule has 0 heterocycles. The molecule has 2 heteroatoms. The average molecular weight is 173 g/mol. The first kappa shape index (κ1) is 10.2. The molecule has 68 valence electrons. The summed E-state index contributed by atoms with van der Waals surface area (Å²) in [5, 5.41) is 0. The quantitative estimate of drug-likeness (QED) is 0.631. The summed E-state index contributed by atoms with van der Waals surface area (Å²) in [6, 6.07) is 8.55. The van der Waals surface area contributed by atoms with Crippen LogP contribution < -0.4 is 4.90 Å². The molecule has 1 aromatic rings. The molecule has 0 amide bonds. The van der Waals surface area contributed by atoms with Crippen molar-refractivity contribution in [3.63, 3.8) is 0 Å². The van der Waals surface area contributed by atoms with Gasteiger partial charge in [0, 0.05) is 12.2 Å². The minimum absolute atomic E-state index is 0.587. The smallest absolute Gasteiger partial charge is 0.0942 e. The van der Waals surface area contributed by atoms with Crippen LogP contribution in [0.25, 0.3) is 0 Å². The van der Waals surface area contributed by atoms with Crippen molar-refractivity contribution >= 4 is 13.5 Å². The minimum Gasteiger partial charge on any atom is -0.381 e. The summed E-state index contributed by atoms with van der Waals surface area (Å²) in [5.74, 6) is 0. The predicted octanol–water partition coefficient (Wildman–Crippen LogP) is 2.20. The maximum Gasteiger partial charge on any atom is 0.0942 e. The minimum atomic E-state index is 0.587. The third-order valence-electron chi connectivity index (χ3n) is 2.29. The normalized spacial score (nSPS) is 10.0. The van der Waals surface area contributed by atoms with Crippen molar-refractivity contribution in [2.45, 2.75) is 20.3 Å². The van der Waals surface area contributed by atoms with Crippen LogP contribution in [0.5, 0.6) is 0 Å². The van der Waals surface area contributed by atoms with E-state index in [4.69, 9.17) is 7.85 Å². The summed E-state index contributed by atoms with van der Waals surface area (Å²) in [4.78, 5) is 2.15. The van der Waals surface area contributed by atoms with Gasteiger partial charge in [0.2, 0.25) is 0 Å². The van der Waals surface area contributed by atoms with E-state index >= 15 is 0 Å². The largest absolute Gasteiger partial charge is 0.381 e. The standard InChI is InChI=1S/C11H16BN/c1-3-10-6-5-7-11(8-10)13(4-2)9-12/h5-8H,3-4,9H2,1-2H3. The van der Waals surface area contributed by atoms with Crippen molar-refractivity contribution in [2.75, 3.05) is 17.9 Å². The summed E-state index contributed by atoms with van der Waals surface area (Å²) in [6.07, 6.45) is 1.67. The topological polar surface area (TPSA) is 3.24 Å². The molecule has 0 aliphatic rings. The zero-order valence-electron chi connectivity index (χ0n) is 8.46. The Morgan fingerprint density at radius 2 is 2.08 bits per heavy atom. The van der Waals surface area contributed by atoms with E-state index in [1.54, 1.807) is 0 Å². The highest BCUT2D eigenvalue weighted by molar-refractivity contribution is 6.10. The number of hydrogen-bond acceptors (Lipinski definition) is 1. The van der Waals surface area contributed by atoms with E-state index < -0.39 is 0 Å². The maximum absolute atomic E-state index is 5.63. The molecule has 0 saturated heterocycles. The van der Waals surface area contributed by atoms with Crippen LogP contribution in [0.2, 0.25) is 0 Å².